The Hall–Kier alpha value is -1.44. The summed E-state index contributed by atoms with van der Waals surface area (Å²) in [4.78, 5) is 12.1. The van der Waals surface area contributed by atoms with Crippen molar-refractivity contribution >= 4 is 16.2 Å². The molecule has 136 valence electrons. The van der Waals surface area contributed by atoms with E-state index in [1.54, 1.807) is 8.61 Å². The zero-order chi connectivity index (χ0) is 17.6. The number of ether oxygens (including phenoxy) is 1. The molecule has 1 aromatic carbocycles. The molecule has 4 aliphatic rings. The molecule has 0 aromatic heterocycles. The Morgan fingerprint density at radius 1 is 1.20 bits per heavy atom. The van der Waals surface area contributed by atoms with Gasteiger partial charge in [0, 0.05) is 25.7 Å². The minimum absolute atomic E-state index is 0.251. The number of rotatable bonds is 3. The molecule has 0 radical (unpaired) electrons. The van der Waals surface area contributed by atoms with Crippen molar-refractivity contribution < 1.29 is 17.9 Å². The quantitative estimate of drug-likeness (QED) is 0.764. The van der Waals surface area contributed by atoms with Gasteiger partial charge in [0.15, 0.2) is 0 Å². The number of piperidine rings is 2. The lowest BCUT2D eigenvalue weighted by atomic mass is 9.74. The first-order valence-electron chi connectivity index (χ1n) is 8.92. The Morgan fingerprint density at radius 2 is 1.96 bits per heavy atom. The summed E-state index contributed by atoms with van der Waals surface area (Å²) >= 11 is 0. The predicted octanol–water partition coefficient (Wildman–Crippen LogP) is 1.56. The number of carbonyl (C=O) groups is 1. The van der Waals surface area contributed by atoms with Crippen LogP contribution in [0.25, 0.3) is 0 Å². The van der Waals surface area contributed by atoms with Gasteiger partial charge in [-0.05, 0) is 42.7 Å². The lowest BCUT2D eigenvalue weighted by molar-refractivity contribution is -0.151. The van der Waals surface area contributed by atoms with Crippen LogP contribution in [0.15, 0.2) is 24.3 Å². The van der Waals surface area contributed by atoms with E-state index in [9.17, 15) is 13.2 Å². The molecule has 3 fully saturated rings. The first-order valence-corrected chi connectivity index (χ1v) is 10.3. The molecule has 3 atom stereocenters. The highest BCUT2D eigenvalue weighted by Crippen LogP contribution is 2.42. The van der Waals surface area contributed by atoms with E-state index >= 15 is 0 Å². The summed E-state index contributed by atoms with van der Waals surface area (Å²) in [6.45, 7) is 1.43. The molecule has 2 saturated heterocycles. The third kappa shape index (κ3) is 2.88. The molecule has 25 heavy (non-hydrogen) atoms. The lowest BCUT2D eigenvalue weighted by Gasteiger charge is -2.49. The number of hydrogen-bond acceptors (Lipinski definition) is 4. The van der Waals surface area contributed by atoms with Gasteiger partial charge < -0.3 is 4.74 Å². The summed E-state index contributed by atoms with van der Waals surface area (Å²) < 4.78 is 34.7. The van der Waals surface area contributed by atoms with E-state index in [1.807, 2.05) is 18.2 Å². The second kappa shape index (κ2) is 6.37. The van der Waals surface area contributed by atoms with E-state index in [1.165, 1.54) is 12.7 Å². The van der Waals surface area contributed by atoms with Crippen LogP contribution >= 0.6 is 0 Å². The molecule has 0 spiro atoms. The average molecular weight is 364 g/mol. The largest absolute Gasteiger partial charge is 0.469 e. The molecule has 7 heteroatoms. The maximum atomic E-state index is 13.3. The van der Waals surface area contributed by atoms with Gasteiger partial charge in [0.1, 0.15) is 0 Å². The van der Waals surface area contributed by atoms with Crippen molar-refractivity contribution in [3.05, 3.63) is 35.4 Å². The second-order valence-corrected chi connectivity index (χ2v) is 9.19. The smallest absolute Gasteiger partial charge is 0.310 e. The van der Waals surface area contributed by atoms with E-state index < -0.39 is 10.2 Å². The minimum Gasteiger partial charge on any atom is -0.469 e. The second-order valence-electron chi connectivity index (χ2n) is 7.31. The third-order valence-electron chi connectivity index (χ3n) is 5.95. The molecule has 5 rings (SSSR count). The number of nitrogens with zero attached hydrogens (tertiary/aromatic N) is 2. The summed E-state index contributed by atoms with van der Waals surface area (Å²) in [6.07, 6.45) is 3.21. The number of hydrogen-bond donors (Lipinski definition) is 0. The van der Waals surface area contributed by atoms with E-state index in [0.29, 0.717) is 19.6 Å². The van der Waals surface area contributed by atoms with Crippen molar-refractivity contribution in [2.75, 3.05) is 20.2 Å². The van der Waals surface area contributed by atoms with Crippen LogP contribution in [0.3, 0.4) is 0 Å². The summed E-state index contributed by atoms with van der Waals surface area (Å²) in [7, 11) is -2.19. The van der Waals surface area contributed by atoms with Crippen molar-refractivity contribution in [3.63, 3.8) is 0 Å². The highest BCUT2D eigenvalue weighted by atomic mass is 32.2. The fourth-order valence-electron chi connectivity index (χ4n) is 4.63. The molecule has 2 bridgehead atoms. The van der Waals surface area contributed by atoms with Gasteiger partial charge in [-0.25, -0.2) is 0 Å². The molecular formula is C18H24N2O4S. The fourth-order valence-corrected chi connectivity index (χ4v) is 6.54. The van der Waals surface area contributed by atoms with Gasteiger partial charge in [0.05, 0.1) is 13.0 Å². The van der Waals surface area contributed by atoms with Crippen LogP contribution in [0.4, 0.5) is 0 Å². The SMILES string of the molecule is COC(=O)C1CC2CCC1N(S(=O)(=O)N1CCc3ccccc3C1)C2. The topological polar surface area (TPSA) is 66.9 Å². The highest BCUT2D eigenvalue weighted by Gasteiger charge is 2.50. The first kappa shape index (κ1) is 17.0. The molecule has 3 heterocycles. The van der Waals surface area contributed by atoms with E-state index in [4.69, 9.17) is 4.74 Å². The summed E-state index contributed by atoms with van der Waals surface area (Å²) in [5.41, 5.74) is 2.30. The average Bonchev–Trinajstić information content (AvgIpc) is 2.67. The molecule has 0 N–H and O–H groups in total. The van der Waals surface area contributed by atoms with E-state index in [0.717, 1.165) is 31.2 Å². The normalized spacial score (nSPS) is 30.0. The first-order chi connectivity index (χ1) is 12.0. The van der Waals surface area contributed by atoms with Crippen LogP contribution in [-0.2, 0) is 32.7 Å². The molecule has 0 amide bonds. The lowest BCUT2D eigenvalue weighted by Crippen LogP contribution is -2.60. The number of carbonyl (C=O) groups excluding carboxylic acids is 1. The zero-order valence-electron chi connectivity index (χ0n) is 14.4. The van der Waals surface area contributed by atoms with Crippen LogP contribution in [0, 0.1) is 11.8 Å². The Labute approximate surface area is 148 Å². The number of esters is 1. The molecule has 3 unspecified atom stereocenters. The predicted molar refractivity (Wildman–Crippen MR) is 92.8 cm³/mol. The van der Waals surface area contributed by atoms with Crippen molar-refractivity contribution in [3.8, 4) is 0 Å². The molecule has 1 aromatic rings. The Kier molecular flexibility index (Phi) is 4.33. The number of fused-ring (bicyclic) bond motifs is 4. The Balaban J connectivity index is 1.59. The van der Waals surface area contributed by atoms with Crippen LogP contribution in [0.5, 0.6) is 0 Å². The molecular weight excluding hydrogens is 340 g/mol. The van der Waals surface area contributed by atoms with Gasteiger partial charge in [0.25, 0.3) is 10.2 Å². The van der Waals surface area contributed by atoms with Crippen LogP contribution in [0.1, 0.15) is 30.4 Å². The van der Waals surface area contributed by atoms with Gasteiger partial charge in [-0.3, -0.25) is 4.79 Å². The summed E-state index contributed by atoms with van der Waals surface area (Å²) in [6, 6.07) is 7.74. The van der Waals surface area contributed by atoms with Crippen molar-refractivity contribution in [1.82, 2.24) is 8.61 Å². The van der Waals surface area contributed by atoms with Gasteiger partial charge in [-0.2, -0.15) is 17.0 Å². The number of benzene rings is 1. The maximum Gasteiger partial charge on any atom is 0.310 e. The summed E-state index contributed by atoms with van der Waals surface area (Å²) in [5, 5.41) is 0. The van der Waals surface area contributed by atoms with Crippen LogP contribution in [0.2, 0.25) is 0 Å². The zero-order valence-corrected chi connectivity index (χ0v) is 15.2. The van der Waals surface area contributed by atoms with Gasteiger partial charge in [-0.1, -0.05) is 24.3 Å². The van der Waals surface area contributed by atoms with E-state index in [-0.39, 0.29) is 23.8 Å². The van der Waals surface area contributed by atoms with Crippen LogP contribution in [-0.4, -0.2) is 49.2 Å². The van der Waals surface area contributed by atoms with Crippen molar-refractivity contribution in [1.29, 1.82) is 0 Å². The van der Waals surface area contributed by atoms with Gasteiger partial charge in [0.2, 0.25) is 0 Å². The number of methoxy groups -OCH3 is 1. The third-order valence-corrected chi connectivity index (χ3v) is 7.93. The highest BCUT2D eigenvalue weighted by molar-refractivity contribution is 7.86. The van der Waals surface area contributed by atoms with E-state index in [2.05, 4.69) is 6.07 Å². The van der Waals surface area contributed by atoms with Crippen molar-refractivity contribution in [2.45, 2.75) is 38.3 Å². The van der Waals surface area contributed by atoms with Gasteiger partial charge >= 0.3 is 5.97 Å². The fraction of sp³-hybridized carbons (Fsp3) is 0.611. The minimum atomic E-state index is -3.57. The van der Waals surface area contributed by atoms with Crippen molar-refractivity contribution in [2.24, 2.45) is 11.8 Å². The molecule has 3 aliphatic heterocycles. The summed E-state index contributed by atoms with van der Waals surface area (Å²) in [5.74, 6) is -0.358. The Bertz CT molecular complexity index is 779. The monoisotopic (exact) mass is 364 g/mol. The molecule has 1 saturated carbocycles. The molecule has 1 aliphatic carbocycles. The maximum absolute atomic E-state index is 13.3. The Morgan fingerprint density at radius 3 is 2.68 bits per heavy atom. The standard InChI is InChI=1S/C18H24N2O4S/c1-24-18(21)16-10-13-6-7-17(16)20(11-13)25(22,23)19-9-8-14-4-2-3-5-15(14)12-19/h2-5,13,16-17H,6-12H2,1H3. The van der Waals surface area contributed by atoms with Crippen LogP contribution < -0.4 is 0 Å². The molecule has 6 nitrogen and oxygen atoms in total. The van der Waals surface area contributed by atoms with Gasteiger partial charge in [-0.15, -0.1) is 0 Å².